The lowest BCUT2D eigenvalue weighted by atomic mass is 9.92. The second-order valence-electron chi connectivity index (χ2n) is 8.03. The number of nitrogens with one attached hydrogen (secondary N) is 2. The highest BCUT2D eigenvalue weighted by Crippen LogP contribution is 2.33. The molecule has 1 saturated heterocycles. The first-order valence-corrected chi connectivity index (χ1v) is 11.7. The number of fused-ring (bicyclic) bond motifs is 2. The Morgan fingerprint density at radius 2 is 1.77 bits per heavy atom. The van der Waals surface area contributed by atoms with Crippen molar-refractivity contribution < 1.29 is 8.42 Å². The quantitative estimate of drug-likeness (QED) is 0.515. The largest absolute Gasteiger partial charge is 0.306 e. The zero-order chi connectivity index (χ0) is 20.7. The molecule has 1 aliphatic heterocycles. The lowest BCUT2D eigenvalue weighted by molar-refractivity contribution is 0.254. The monoisotopic (exact) mass is 420 g/mol. The van der Waals surface area contributed by atoms with E-state index in [2.05, 4.69) is 26.9 Å². The Morgan fingerprint density at radius 3 is 2.60 bits per heavy atom. The van der Waals surface area contributed by atoms with Crippen LogP contribution in [0.4, 0.5) is 5.69 Å². The molecule has 3 aromatic carbocycles. The fourth-order valence-electron chi connectivity index (χ4n) is 4.33. The minimum Gasteiger partial charge on any atom is -0.306 e. The zero-order valence-electron chi connectivity index (χ0n) is 16.8. The van der Waals surface area contributed by atoms with E-state index in [-0.39, 0.29) is 4.90 Å². The van der Waals surface area contributed by atoms with E-state index >= 15 is 0 Å². The van der Waals surface area contributed by atoms with Gasteiger partial charge in [-0.3, -0.25) is 9.82 Å². The number of aromatic nitrogens is 2. The van der Waals surface area contributed by atoms with Gasteiger partial charge in [-0.25, -0.2) is 8.42 Å². The Labute approximate surface area is 176 Å². The predicted molar refractivity (Wildman–Crippen MR) is 120 cm³/mol. The molecule has 6 nitrogen and oxygen atoms in total. The highest BCUT2D eigenvalue weighted by atomic mass is 32.2. The van der Waals surface area contributed by atoms with Gasteiger partial charge in [0.05, 0.1) is 16.1 Å². The Morgan fingerprint density at radius 1 is 1.00 bits per heavy atom. The van der Waals surface area contributed by atoms with Gasteiger partial charge in [0.1, 0.15) is 0 Å². The van der Waals surface area contributed by atoms with Crippen LogP contribution in [0.3, 0.4) is 0 Å². The van der Waals surface area contributed by atoms with Crippen LogP contribution in [0, 0.1) is 0 Å². The molecular formula is C23H24N4O2S. The van der Waals surface area contributed by atoms with E-state index in [4.69, 9.17) is 0 Å². The molecule has 0 atom stereocenters. The summed E-state index contributed by atoms with van der Waals surface area (Å²) in [6, 6.07) is 18.4. The summed E-state index contributed by atoms with van der Waals surface area (Å²) in [6.45, 7) is 2.10. The number of sulfonamides is 1. The van der Waals surface area contributed by atoms with Gasteiger partial charge in [0.2, 0.25) is 0 Å². The van der Waals surface area contributed by atoms with Crippen LogP contribution < -0.4 is 4.72 Å². The standard InChI is InChI=1S/C23H24N4O2S/c1-27-13-11-17(12-14-27)23-20-15-18(9-10-21(20)24-25-23)26-30(28,29)22-8-4-6-16-5-2-3-7-19(16)22/h2-10,15,17,26H,11-14H2,1H3,(H,24,25). The summed E-state index contributed by atoms with van der Waals surface area (Å²) in [5, 5.41) is 10.3. The molecule has 4 aromatic rings. The minimum atomic E-state index is -3.72. The number of hydrogen-bond donors (Lipinski definition) is 2. The van der Waals surface area contributed by atoms with Crippen molar-refractivity contribution in [2.75, 3.05) is 24.9 Å². The molecule has 0 bridgehead atoms. The summed E-state index contributed by atoms with van der Waals surface area (Å²) in [5.41, 5.74) is 2.51. The van der Waals surface area contributed by atoms with Crippen molar-refractivity contribution in [3.05, 3.63) is 66.4 Å². The Kier molecular flexibility index (Phi) is 4.72. The van der Waals surface area contributed by atoms with Crippen molar-refractivity contribution in [2.24, 2.45) is 0 Å². The van der Waals surface area contributed by atoms with Crippen molar-refractivity contribution >= 4 is 37.4 Å². The molecule has 0 unspecified atom stereocenters. The third kappa shape index (κ3) is 3.44. The van der Waals surface area contributed by atoms with E-state index in [1.807, 2.05) is 42.5 Å². The lowest BCUT2D eigenvalue weighted by Gasteiger charge is -2.28. The molecule has 1 aliphatic rings. The van der Waals surface area contributed by atoms with Gasteiger partial charge in [-0.05, 0) is 62.6 Å². The first kappa shape index (κ1) is 19.1. The molecule has 30 heavy (non-hydrogen) atoms. The fourth-order valence-corrected chi connectivity index (χ4v) is 5.61. The maximum atomic E-state index is 13.2. The van der Waals surface area contributed by atoms with Gasteiger partial charge in [-0.15, -0.1) is 0 Å². The predicted octanol–water partition coefficient (Wildman–Crippen LogP) is 4.33. The molecule has 2 heterocycles. The van der Waals surface area contributed by atoms with Crippen molar-refractivity contribution in [2.45, 2.75) is 23.7 Å². The molecular weight excluding hydrogens is 396 g/mol. The van der Waals surface area contributed by atoms with Gasteiger partial charge in [0.15, 0.2) is 0 Å². The number of anilines is 1. The van der Waals surface area contributed by atoms with Gasteiger partial charge in [0.25, 0.3) is 10.0 Å². The van der Waals surface area contributed by atoms with E-state index in [0.717, 1.165) is 47.9 Å². The molecule has 7 heteroatoms. The van der Waals surface area contributed by atoms with Crippen LogP contribution in [0.15, 0.2) is 65.6 Å². The first-order chi connectivity index (χ1) is 14.5. The number of rotatable bonds is 4. The van der Waals surface area contributed by atoms with Crippen LogP contribution in [0.2, 0.25) is 0 Å². The number of likely N-dealkylation sites (tertiary alicyclic amines) is 1. The molecule has 1 aromatic heterocycles. The smallest absolute Gasteiger partial charge is 0.262 e. The molecule has 1 fully saturated rings. The molecule has 2 N–H and O–H groups in total. The number of nitrogens with zero attached hydrogens (tertiary/aromatic N) is 2. The Hall–Kier alpha value is -2.90. The summed E-state index contributed by atoms with van der Waals surface area (Å²) in [6.07, 6.45) is 2.12. The molecule has 0 saturated carbocycles. The summed E-state index contributed by atoms with van der Waals surface area (Å²) >= 11 is 0. The van der Waals surface area contributed by atoms with Gasteiger partial charge in [0, 0.05) is 22.4 Å². The van der Waals surface area contributed by atoms with Crippen molar-refractivity contribution in [1.29, 1.82) is 0 Å². The highest BCUT2D eigenvalue weighted by molar-refractivity contribution is 7.93. The number of piperidine rings is 1. The van der Waals surface area contributed by atoms with Gasteiger partial charge in [-0.2, -0.15) is 5.10 Å². The van der Waals surface area contributed by atoms with Crippen molar-refractivity contribution in [3.63, 3.8) is 0 Å². The van der Waals surface area contributed by atoms with E-state index in [0.29, 0.717) is 17.0 Å². The van der Waals surface area contributed by atoms with E-state index in [1.165, 1.54) is 0 Å². The van der Waals surface area contributed by atoms with Crippen molar-refractivity contribution in [1.82, 2.24) is 15.1 Å². The molecule has 154 valence electrons. The number of H-pyrrole nitrogens is 1. The third-order valence-corrected chi connectivity index (χ3v) is 7.43. The van der Waals surface area contributed by atoms with Crippen LogP contribution in [-0.2, 0) is 10.0 Å². The topological polar surface area (TPSA) is 78.1 Å². The summed E-state index contributed by atoms with van der Waals surface area (Å²) in [4.78, 5) is 2.61. The molecule has 0 radical (unpaired) electrons. The summed E-state index contributed by atoms with van der Waals surface area (Å²) < 4.78 is 29.1. The maximum absolute atomic E-state index is 13.2. The summed E-state index contributed by atoms with van der Waals surface area (Å²) in [7, 11) is -1.59. The molecule has 5 rings (SSSR count). The minimum absolute atomic E-state index is 0.281. The van der Waals surface area contributed by atoms with Gasteiger partial charge >= 0.3 is 0 Å². The Bertz CT molecular complexity index is 1320. The number of benzene rings is 3. The van der Waals surface area contributed by atoms with Crippen LogP contribution >= 0.6 is 0 Å². The SMILES string of the molecule is CN1CCC(c2n[nH]c3ccc(NS(=O)(=O)c4cccc5ccccc45)cc23)CC1. The number of aromatic amines is 1. The van der Waals surface area contributed by atoms with Crippen LogP contribution in [0.25, 0.3) is 21.7 Å². The second kappa shape index (κ2) is 7.41. The van der Waals surface area contributed by atoms with Crippen LogP contribution in [-0.4, -0.2) is 43.7 Å². The summed E-state index contributed by atoms with van der Waals surface area (Å²) in [5.74, 6) is 0.389. The fraction of sp³-hybridized carbons (Fsp3) is 0.261. The van der Waals surface area contributed by atoms with Crippen LogP contribution in [0.1, 0.15) is 24.5 Å². The normalized spacial score (nSPS) is 16.3. The average Bonchev–Trinajstić information content (AvgIpc) is 3.17. The zero-order valence-corrected chi connectivity index (χ0v) is 17.6. The maximum Gasteiger partial charge on any atom is 0.262 e. The van der Waals surface area contributed by atoms with E-state index in [1.54, 1.807) is 18.2 Å². The first-order valence-electron chi connectivity index (χ1n) is 10.2. The van der Waals surface area contributed by atoms with Crippen LogP contribution in [0.5, 0.6) is 0 Å². The van der Waals surface area contributed by atoms with E-state index in [9.17, 15) is 8.42 Å². The van der Waals surface area contributed by atoms with Gasteiger partial charge < -0.3 is 4.90 Å². The Balaban J connectivity index is 1.50. The molecule has 0 aliphatic carbocycles. The lowest BCUT2D eigenvalue weighted by Crippen LogP contribution is -2.29. The van der Waals surface area contributed by atoms with Crippen molar-refractivity contribution in [3.8, 4) is 0 Å². The average molecular weight is 421 g/mol. The van der Waals surface area contributed by atoms with E-state index < -0.39 is 10.0 Å². The van der Waals surface area contributed by atoms with Gasteiger partial charge in [-0.1, -0.05) is 36.4 Å². The second-order valence-corrected chi connectivity index (χ2v) is 9.68. The highest BCUT2D eigenvalue weighted by Gasteiger charge is 2.23. The molecule has 0 amide bonds. The molecule has 0 spiro atoms. The third-order valence-electron chi connectivity index (χ3n) is 5.99. The number of hydrogen-bond acceptors (Lipinski definition) is 4.